The van der Waals surface area contributed by atoms with Crippen molar-refractivity contribution in [3.8, 4) is 11.8 Å². The average molecular weight is 446 g/mol. The normalized spacial score (nSPS) is 16.1. The molecule has 1 atom stereocenters. The minimum absolute atomic E-state index is 0.308. The molecule has 1 saturated heterocycles. The number of piperazine rings is 1. The first-order valence-electron chi connectivity index (χ1n) is 10.8. The molecule has 1 N–H and O–H groups in total. The number of benzene rings is 3. The van der Waals surface area contributed by atoms with E-state index in [1.165, 1.54) is 36.4 Å². The molecule has 0 radical (unpaired) electrons. The summed E-state index contributed by atoms with van der Waals surface area (Å²) in [6, 6.07) is 17.5. The van der Waals surface area contributed by atoms with Gasteiger partial charge in [-0.2, -0.15) is 0 Å². The summed E-state index contributed by atoms with van der Waals surface area (Å²) < 4.78 is 26.4. The standard InChI is InChI=1S/C27H25F2N3O/c1-19-18-32(16-15-31(19)2)26-14-7-21(4-3-20-5-10-23(28)11-6-20)17-25(26)30-27(33)22-8-12-24(29)13-9-22/h5-14,17,19H,15-16,18H2,1-2H3,(H,30,33)/t19-/m0/s1. The molecule has 1 heterocycles. The second kappa shape index (κ2) is 9.85. The van der Waals surface area contributed by atoms with Crippen molar-refractivity contribution in [1.82, 2.24) is 4.90 Å². The molecular weight excluding hydrogens is 420 g/mol. The van der Waals surface area contributed by atoms with Gasteiger partial charge in [0.2, 0.25) is 0 Å². The van der Waals surface area contributed by atoms with Crippen molar-refractivity contribution in [3.63, 3.8) is 0 Å². The lowest BCUT2D eigenvalue weighted by molar-refractivity contribution is 0.102. The topological polar surface area (TPSA) is 35.6 Å². The van der Waals surface area contributed by atoms with Gasteiger partial charge in [0.15, 0.2) is 0 Å². The van der Waals surface area contributed by atoms with Crippen LogP contribution in [0.1, 0.15) is 28.4 Å². The third kappa shape index (κ3) is 5.57. The molecule has 33 heavy (non-hydrogen) atoms. The molecular formula is C27H25F2N3O. The Bertz CT molecular complexity index is 1200. The van der Waals surface area contributed by atoms with E-state index >= 15 is 0 Å². The fraction of sp³-hybridized carbons (Fsp3) is 0.222. The lowest BCUT2D eigenvalue weighted by Gasteiger charge is -2.39. The minimum atomic E-state index is -0.392. The molecule has 3 aromatic rings. The number of carbonyl (C=O) groups is 1. The number of likely N-dealkylation sites (N-methyl/N-ethyl adjacent to an activating group) is 1. The van der Waals surface area contributed by atoms with Crippen LogP contribution in [0.4, 0.5) is 20.2 Å². The van der Waals surface area contributed by atoms with Crippen molar-refractivity contribution in [2.24, 2.45) is 0 Å². The minimum Gasteiger partial charge on any atom is -0.367 e. The van der Waals surface area contributed by atoms with Gasteiger partial charge < -0.3 is 15.1 Å². The van der Waals surface area contributed by atoms with E-state index in [0.717, 1.165) is 30.9 Å². The zero-order valence-electron chi connectivity index (χ0n) is 18.6. The number of rotatable bonds is 3. The Morgan fingerprint density at radius 2 is 1.52 bits per heavy atom. The summed E-state index contributed by atoms with van der Waals surface area (Å²) >= 11 is 0. The molecule has 0 saturated carbocycles. The largest absolute Gasteiger partial charge is 0.367 e. The molecule has 1 amide bonds. The Hall–Kier alpha value is -3.69. The van der Waals surface area contributed by atoms with E-state index in [1.54, 1.807) is 12.1 Å². The van der Waals surface area contributed by atoms with Gasteiger partial charge in [0.25, 0.3) is 5.91 Å². The molecule has 1 aliphatic rings. The van der Waals surface area contributed by atoms with Gasteiger partial charge in [0, 0.05) is 42.4 Å². The number of nitrogens with one attached hydrogen (secondary N) is 1. The number of halogens is 2. The number of anilines is 2. The van der Waals surface area contributed by atoms with E-state index in [2.05, 4.69) is 40.9 Å². The van der Waals surface area contributed by atoms with Gasteiger partial charge in [0.1, 0.15) is 11.6 Å². The van der Waals surface area contributed by atoms with Crippen LogP contribution in [0, 0.1) is 23.5 Å². The SMILES string of the molecule is C[C@H]1CN(c2ccc(C#Cc3ccc(F)cc3)cc2NC(=O)c2ccc(F)cc2)CCN1C. The Morgan fingerprint density at radius 1 is 0.909 bits per heavy atom. The van der Waals surface area contributed by atoms with E-state index in [9.17, 15) is 13.6 Å². The Balaban J connectivity index is 1.65. The van der Waals surface area contributed by atoms with E-state index in [-0.39, 0.29) is 11.7 Å². The second-order valence-corrected chi connectivity index (χ2v) is 8.23. The molecule has 0 spiro atoms. The third-order valence-corrected chi connectivity index (χ3v) is 5.85. The summed E-state index contributed by atoms with van der Waals surface area (Å²) in [5.41, 5.74) is 3.35. The highest BCUT2D eigenvalue weighted by Crippen LogP contribution is 2.29. The molecule has 4 nitrogen and oxygen atoms in total. The lowest BCUT2D eigenvalue weighted by Crippen LogP contribution is -2.50. The van der Waals surface area contributed by atoms with Crippen molar-refractivity contribution >= 4 is 17.3 Å². The van der Waals surface area contributed by atoms with Crippen LogP contribution in [0.25, 0.3) is 0 Å². The van der Waals surface area contributed by atoms with E-state index in [4.69, 9.17) is 0 Å². The number of carbonyl (C=O) groups excluding carboxylic acids is 1. The van der Waals surface area contributed by atoms with Crippen LogP contribution < -0.4 is 10.2 Å². The zero-order chi connectivity index (χ0) is 23.4. The fourth-order valence-corrected chi connectivity index (χ4v) is 3.73. The molecule has 0 unspecified atom stereocenters. The predicted octanol–water partition coefficient (Wildman–Crippen LogP) is 4.76. The Labute approximate surface area is 192 Å². The highest BCUT2D eigenvalue weighted by atomic mass is 19.1. The van der Waals surface area contributed by atoms with Crippen molar-refractivity contribution in [2.45, 2.75) is 13.0 Å². The van der Waals surface area contributed by atoms with E-state index < -0.39 is 5.82 Å². The average Bonchev–Trinajstić information content (AvgIpc) is 2.81. The second-order valence-electron chi connectivity index (χ2n) is 8.23. The maximum atomic E-state index is 13.3. The first kappa shape index (κ1) is 22.5. The highest BCUT2D eigenvalue weighted by Gasteiger charge is 2.23. The highest BCUT2D eigenvalue weighted by molar-refractivity contribution is 6.06. The summed E-state index contributed by atoms with van der Waals surface area (Å²) in [6.07, 6.45) is 0. The molecule has 3 aromatic carbocycles. The number of nitrogens with zero attached hydrogens (tertiary/aromatic N) is 2. The van der Waals surface area contributed by atoms with E-state index in [0.29, 0.717) is 22.9 Å². The van der Waals surface area contributed by atoms with Gasteiger partial charge in [-0.25, -0.2) is 8.78 Å². The Kier molecular flexibility index (Phi) is 6.71. The number of hydrogen-bond donors (Lipinski definition) is 1. The molecule has 1 aliphatic heterocycles. The maximum absolute atomic E-state index is 13.3. The molecule has 6 heteroatoms. The van der Waals surface area contributed by atoms with Crippen LogP contribution in [-0.2, 0) is 0 Å². The van der Waals surface area contributed by atoms with Gasteiger partial charge in [0.05, 0.1) is 11.4 Å². The lowest BCUT2D eigenvalue weighted by atomic mass is 10.1. The van der Waals surface area contributed by atoms with Crippen LogP contribution in [0.15, 0.2) is 66.7 Å². The third-order valence-electron chi connectivity index (χ3n) is 5.85. The van der Waals surface area contributed by atoms with Crippen LogP contribution in [-0.4, -0.2) is 43.5 Å². The van der Waals surface area contributed by atoms with Crippen molar-refractivity contribution in [1.29, 1.82) is 0 Å². The molecule has 4 rings (SSSR count). The van der Waals surface area contributed by atoms with Crippen LogP contribution in [0.3, 0.4) is 0 Å². The van der Waals surface area contributed by atoms with Gasteiger partial charge >= 0.3 is 0 Å². The van der Waals surface area contributed by atoms with E-state index in [1.807, 2.05) is 18.2 Å². The summed E-state index contributed by atoms with van der Waals surface area (Å²) in [5.74, 6) is 5.10. The number of amides is 1. The van der Waals surface area contributed by atoms with Crippen molar-refractivity contribution in [3.05, 3.63) is 95.1 Å². The van der Waals surface area contributed by atoms with Crippen LogP contribution in [0.2, 0.25) is 0 Å². The smallest absolute Gasteiger partial charge is 0.255 e. The summed E-state index contributed by atoms with van der Waals surface area (Å²) in [4.78, 5) is 17.4. The molecule has 1 fully saturated rings. The van der Waals surface area contributed by atoms with Crippen molar-refractivity contribution < 1.29 is 13.6 Å². The maximum Gasteiger partial charge on any atom is 0.255 e. The van der Waals surface area contributed by atoms with Crippen LogP contribution in [0.5, 0.6) is 0 Å². The van der Waals surface area contributed by atoms with Gasteiger partial charge in [-0.1, -0.05) is 11.8 Å². The molecule has 0 bridgehead atoms. The summed E-state index contributed by atoms with van der Waals surface area (Å²) in [5, 5.41) is 2.98. The van der Waals surface area contributed by atoms with Gasteiger partial charge in [-0.3, -0.25) is 4.79 Å². The molecule has 168 valence electrons. The number of hydrogen-bond acceptors (Lipinski definition) is 3. The molecule has 0 aliphatic carbocycles. The quantitative estimate of drug-likeness (QED) is 0.591. The first-order chi connectivity index (χ1) is 15.9. The van der Waals surface area contributed by atoms with Gasteiger partial charge in [-0.05, 0) is 80.7 Å². The van der Waals surface area contributed by atoms with Crippen LogP contribution >= 0.6 is 0 Å². The first-order valence-corrected chi connectivity index (χ1v) is 10.8. The van der Waals surface area contributed by atoms with Crippen molar-refractivity contribution in [2.75, 3.05) is 36.9 Å². The fourth-order valence-electron chi connectivity index (χ4n) is 3.73. The summed E-state index contributed by atoms with van der Waals surface area (Å²) in [7, 11) is 2.10. The predicted molar refractivity (Wildman–Crippen MR) is 127 cm³/mol. The molecule has 0 aromatic heterocycles. The Morgan fingerprint density at radius 3 is 2.18 bits per heavy atom. The zero-order valence-corrected chi connectivity index (χ0v) is 18.6. The monoisotopic (exact) mass is 445 g/mol. The van der Waals surface area contributed by atoms with Gasteiger partial charge in [-0.15, -0.1) is 0 Å². The summed E-state index contributed by atoms with van der Waals surface area (Å²) in [6.45, 7) is 4.75.